The molecular formula is C23H37N3O3S. The lowest BCUT2D eigenvalue weighted by atomic mass is 10.0. The van der Waals surface area contributed by atoms with Crippen LogP contribution >= 0.6 is 0 Å². The number of hydrogen-bond donors (Lipinski definition) is 1. The molecule has 6 nitrogen and oxygen atoms in total. The third-order valence-corrected chi connectivity index (χ3v) is 8.37. The molecule has 1 N–H and O–H groups in total. The van der Waals surface area contributed by atoms with Crippen molar-refractivity contribution in [2.45, 2.75) is 75.6 Å². The van der Waals surface area contributed by atoms with E-state index in [0.29, 0.717) is 43.4 Å². The molecule has 2 aliphatic heterocycles. The smallest absolute Gasteiger partial charge is 0.243 e. The van der Waals surface area contributed by atoms with E-state index in [1.165, 1.54) is 25.7 Å². The molecular weight excluding hydrogens is 398 g/mol. The highest BCUT2D eigenvalue weighted by atomic mass is 32.2. The Balaban J connectivity index is 1.41. The van der Waals surface area contributed by atoms with Gasteiger partial charge in [-0.15, -0.1) is 0 Å². The van der Waals surface area contributed by atoms with E-state index < -0.39 is 10.0 Å². The molecule has 0 bridgehead atoms. The highest BCUT2D eigenvalue weighted by Gasteiger charge is 2.25. The first kappa shape index (κ1) is 23.2. The minimum Gasteiger partial charge on any atom is -0.355 e. The minimum absolute atomic E-state index is 0.0603. The molecule has 0 saturated carbocycles. The third kappa shape index (κ3) is 6.28. The summed E-state index contributed by atoms with van der Waals surface area (Å²) in [6, 6.07) is 7.69. The number of nitrogens with one attached hydrogen (secondary N) is 1. The molecule has 0 radical (unpaired) electrons. The van der Waals surface area contributed by atoms with E-state index in [2.05, 4.69) is 17.1 Å². The Kier molecular flexibility index (Phi) is 8.72. The van der Waals surface area contributed by atoms with Crippen LogP contribution in [0.15, 0.2) is 29.2 Å². The number of likely N-dealkylation sites (tertiary alicyclic amines) is 1. The van der Waals surface area contributed by atoms with Gasteiger partial charge in [0.25, 0.3) is 0 Å². The molecule has 7 heteroatoms. The molecule has 1 unspecified atom stereocenters. The highest BCUT2D eigenvalue weighted by Crippen LogP contribution is 2.21. The Hall–Kier alpha value is -1.44. The summed E-state index contributed by atoms with van der Waals surface area (Å²) in [7, 11) is -3.39. The molecule has 0 spiro atoms. The van der Waals surface area contributed by atoms with E-state index in [9.17, 15) is 13.2 Å². The maximum absolute atomic E-state index is 12.7. The summed E-state index contributed by atoms with van der Waals surface area (Å²) < 4.78 is 27.0. The average molecular weight is 436 g/mol. The van der Waals surface area contributed by atoms with Crippen molar-refractivity contribution in [2.75, 3.05) is 32.7 Å². The van der Waals surface area contributed by atoms with Gasteiger partial charge in [-0.1, -0.05) is 31.9 Å². The SMILES string of the molecule is CCC1CCCCN1CCNC(=O)CCc1ccc(S(=O)(=O)N2CCCCC2)cc1. The van der Waals surface area contributed by atoms with E-state index in [1.807, 2.05) is 12.1 Å². The van der Waals surface area contributed by atoms with Crippen molar-refractivity contribution >= 4 is 15.9 Å². The standard InChI is InChI=1S/C23H37N3O3S/c1-2-21-8-4-7-16-25(21)19-15-24-23(27)14-11-20-9-12-22(13-10-20)30(28,29)26-17-5-3-6-18-26/h9-10,12-13,21H,2-8,11,14-19H2,1H3,(H,24,27). The van der Waals surface area contributed by atoms with Gasteiger partial charge in [0.15, 0.2) is 0 Å². The molecule has 1 aromatic rings. The summed E-state index contributed by atoms with van der Waals surface area (Å²) in [5.74, 6) is 0.0603. The first-order valence-electron chi connectivity index (χ1n) is 11.6. The molecule has 30 heavy (non-hydrogen) atoms. The number of sulfonamides is 1. The predicted octanol–water partition coefficient (Wildman–Crippen LogP) is 3.17. The average Bonchev–Trinajstić information content (AvgIpc) is 2.79. The minimum atomic E-state index is -3.39. The first-order valence-corrected chi connectivity index (χ1v) is 13.0. The molecule has 1 atom stereocenters. The summed E-state index contributed by atoms with van der Waals surface area (Å²) in [5, 5.41) is 3.04. The fourth-order valence-electron chi connectivity index (χ4n) is 4.58. The zero-order valence-corrected chi connectivity index (χ0v) is 19.1. The van der Waals surface area contributed by atoms with Crippen molar-refractivity contribution in [2.24, 2.45) is 0 Å². The van der Waals surface area contributed by atoms with Crippen LogP contribution in [0.2, 0.25) is 0 Å². The number of benzene rings is 1. The molecule has 1 aromatic carbocycles. The van der Waals surface area contributed by atoms with Crippen LogP contribution in [-0.4, -0.2) is 62.3 Å². The van der Waals surface area contributed by atoms with Crippen LogP contribution in [0, 0.1) is 0 Å². The highest BCUT2D eigenvalue weighted by molar-refractivity contribution is 7.89. The van der Waals surface area contributed by atoms with E-state index in [-0.39, 0.29) is 5.91 Å². The quantitative estimate of drug-likeness (QED) is 0.647. The fourth-order valence-corrected chi connectivity index (χ4v) is 6.10. The Bertz CT molecular complexity index is 773. The van der Waals surface area contributed by atoms with Crippen molar-refractivity contribution < 1.29 is 13.2 Å². The summed E-state index contributed by atoms with van der Waals surface area (Å²) in [6.45, 7) is 6.22. The van der Waals surface area contributed by atoms with Crippen molar-refractivity contribution in [1.29, 1.82) is 0 Å². The van der Waals surface area contributed by atoms with Crippen LogP contribution in [-0.2, 0) is 21.2 Å². The first-order chi connectivity index (χ1) is 14.5. The van der Waals surface area contributed by atoms with Crippen molar-refractivity contribution in [3.63, 3.8) is 0 Å². The number of nitrogens with zero attached hydrogens (tertiary/aromatic N) is 2. The van der Waals surface area contributed by atoms with Crippen molar-refractivity contribution in [3.8, 4) is 0 Å². The molecule has 0 aromatic heterocycles. The summed E-state index contributed by atoms with van der Waals surface area (Å²) >= 11 is 0. The number of carbonyl (C=O) groups excluding carboxylic acids is 1. The van der Waals surface area contributed by atoms with Crippen LogP contribution in [0.25, 0.3) is 0 Å². The van der Waals surface area contributed by atoms with E-state index in [0.717, 1.165) is 37.9 Å². The van der Waals surface area contributed by atoms with Crippen molar-refractivity contribution in [1.82, 2.24) is 14.5 Å². The Labute approximate surface area is 182 Å². The number of piperidine rings is 2. The molecule has 0 aliphatic carbocycles. The third-order valence-electron chi connectivity index (χ3n) is 6.46. The maximum Gasteiger partial charge on any atom is 0.243 e. The van der Waals surface area contributed by atoms with Gasteiger partial charge in [-0.3, -0.25) is 9.69 Å². The van der Waals surface area contributed by atoms with Gasteiger partial charge >= 0.3 is 0 Å². The van der Waals surface area contributed by atoms with Gasteiger partial charge in [-0.2, -0.15) is 4.31 Å². The van der Waals surface area contributed by atoms with Gasteiger partial charge in [0.1, 0.15) is 0 Å². The van der Waals surface area contributed by atoms with Gasteiger partial charge in [0, 0.05) is 38.6 Å². The second-order valence-corrected chi connectivity index (χ2v) is 10.5. The molecule has 2 fully saturated rings. The molecule has 2 saturated heterocycles. The Morgan fingerprint density at radius 2 is 1.73 bits per heavy atom. The molecule has 2 heterocycles. The largest absolute Gasteiger partial charge is 0.355 e. The lowest BCUT2D eigenvalue weighted by Gasteiger charge is -2.35. The van der Waals surface area contributed by atoms with Crippen LogP contribution in [0.3, 0.4) is 0 Å². The molecule has 3 rings (SSSR count). The van der Waals surface area contributed by atoms with Crippen molar-refractivity contribution in [3.05, 3.63) is 29.8 Å². The molecule has 1 amide bonds. The normalized spacial score (nSPS) is 21.4. The maximum atomic E-state index is 12.7. The molecule has 168 valence electrons. The number of hydrogen-bond acceptors (Lipinski definition) is 4. The van der Waals surface area contributed by atoms with Gasteiger partial charge in [-0.25, -0.2) is 8.42 Å². The van der Waals surface area contributed by atoms with Crippen LogP contribution in [0.1, 0.15) is 63.9 Å². The number of aryl methyl sites for hydroxylation is 1. The second kappa shape index (κ2) is 11.3. The number of rotatable bonds is 9. The van der Waals surface area contributed by atoms with Crippen LogP contribution < -0.4 is 5.32 Å². The predicted molar refractivity (Wildman–Crippen MR) is 120 cm³/mol. The van der Waals surface area contributed by atoms with E-state index >= 15 is 0 Å². The Morgan fingerprint density at radius 1 is 1.03 bits per heavy atom. The summed E-state index contributed by atoms with van der Waals surface area (Å²) in [6.07, 6.45) is 9.04. The van der Waals surface area contributed by atoms with Crippen LogP contribution in [0.4, 0.5) is 0 Å². The lowest BCUT2D eigenvalue weighted by Crippen LogP contribution is -2.43. The monoisotopic (exact) mass is 435 g/mol. The molecule has 2 aliphatic rings. The zero-order chi connectivity index (χ0) is 21.4. The fraction of sp³-hybridized carbons (Fsp3) is 0.696. The topological polar surface area (TPSA) is 69.7 Å². The van der Waals surface area contributed by atoms with Gasteiger partial charge in [0.2, 0.25) is 15.9 Å². The Morgan fingerprint density at radius 3 is 2.43 bits per heavy atom. The van der Waals surface area contributed by atoms with E-state index in [1.54, 1.807) is 16.4 Å². The zero-order valence-electron chi connectivity index (χ0n) is 18.3. The summed E-state index contributed by atoms with van der Waals surface area (Å²) in [5.41, 5.74) is 0.991. The lowest BCUT2D eigenvalue weighted by molar-refractivity contribution is -0.121. The summed E-state index contributed by atoms with van der Waals surface area (Å²) in [4.78, 5) is 15.1. The van der Waals surface area contributed by atoms with Gasteiger partial charge in [-0.05, 0) is 62.8 Å². The number of amides is 1. The number of carbonyl (C=O) groups is 1. The van der Waals surface area contributed by atoms with Gasteiger partial charge < -0.3 is 5.32 Å². The second-order valence-electron chi connectivity index (χ2n) is 8.55. The van der Waals surface area contributed by atoms with Gasteiger partial charge in [0.05, 0.1) is 4.90 Å². The van der Waals surface area contributed by atoms with Crippen LogP contribution in [0.5, 0.6) is 0 Å². The van der Waals surface area contributed by atoms with E-state index in [4.69, 9.17) is 0 Å².